The summed E-state index contributed by atoms with van der Waals surface area (Å²) in [6.07, 6.45) is 5.16. The molecule has 114 valence electrons. The van der Waals surface area contributed by atoms with Crippen molar-refractivity contribution in [2.24, 2.45) is 5.73 Å². The highest BCUT2D eigenvalue weighted by Gasteiger charge is 2.40. The Kier molecular flexibility index (Phi) is 3.52. The predicted octanol–water partition coefficient (Wildman–Crippen LogP) is 2.17. The number of rotatable bonds is 1. The lowest BCUT2D eigenvalue weighted by Crippen LogP contribution is -2.60. The van der Waals surface area contributed by atoms with E-state index in [1.807, 2.05) is 0 Å². The van der Waals surface area contributed by atoms with Gasteiger partial charge in [-0.2, -0.15) is 0 Å². The molecule has 4 atom stereocenters. The Morgan fingerprint density at radius 1 is 1.14 bits per heavy atom. The molecule has 3 aliphatic rings. The summed E-state index contributed by atoms with van der Waals surface area (Å²) >= 11 is 0. The molecule has 21 heavy (non-hydrogen) atoms. The van der Waals surface area contributed by atoms with E-state index in [9.17, 15) is 0 Å². The van der Waals surface area contributed by atoms with Crippen LogP contribution in [0, 0.1) is 0 Å². The van der Waals surface area contributed by atoms with E-state index in [1.165, 1.54) is 56.4 Å². The summed E-state index contributed by atoms with van der Waals surface area (Å²) in [6, 6.07) is 10.9. The Bertz CT molecular complexity index is 515. The van der Waals surface area contributed by atoms with Gasteiger partial charge in [0.1, 0.15) is 0 Å². The standard InChI is InChI=1S/C18H27N3/c1-13-11-20-10-4-6-15(20)12-21(13)17-9-8-14-5-2-3-7-16(14)18(17)19/h2-3,5,7,13,15,17-18H,4,6,8-12,19H2,1H3. The summed E-state index contributed by atoms with van der Waals surface area (Å²) in [5.41, 5.74) is 9.52. The molecule has 2 heterocycles. The molecule has 2 aliphatic heterocycles. The van der Waals surface area contributed by atoms with Gasteiger partial charge in [-0.25, -0.2) is 0 Å². The van der Waals surface area contributed by atoms with Gasteiger partial charge < -0.3 is 5.73 Å². The van der Waals surface area contributed by atoms with Gasteiger partial charge in [-0.3, -0.25) is 9.80 Å². The maximum atomic E-state index is 6.67. The molecule has 0 radical (unpaired) electrons. The zero-order valence-electron chi connectivity index (χ0n) is 13.0. The molecule has 2 fully saturated rings. The van der Waals surface area contributed by atoms with Crippen LogP contribution in [0.3, 0.4) is 0 Å². The fourth-order valence-electron chi connectivity index (χ4n) is 4.82. The van der Waals surface area contributed by atoms with E-state index >= 15 is 0 Å². The maximum Gasteiger partial charge on any atom is 0.0456 e. The molecule has 1 aliphatic carbocycles. The second kappa shape index (κ2) is 5.38. The first-order chi connectivity index (χ1) is 10.2. The highest BCUT2D eigenvalue weighted by molar-refractivity contribution is 5.33. The van der Waals surface area contributed by atoms with Crippen molar-refractivity contribution in [3.8, 4) is 0 Å². The van der Waals surface area contributed by atoms with Crippen LogP contribution in [0.2, 0.25) is 0 Å². The summed E-state index contributed by atoms with van der Waals surface area (Å²) in [5, 5.41) is 0. The van der Waals surface area contributed by atoms with Crippen molar-refractivity contribution in [1.82, 2.24) is 9.80 Å². The van der Waals surface area contributed by atoms with Crippen LogP contribution in [0.1, 0.15) is 43.4 Å². The van der Waals surface area contributed by atoms with Gasteiger partial charge in [0.15, 0.2) is 0 Å². The number of aryl methyl sites for hydroxylation is 1. The molecule has 0 saturated carbocycles. The molecule has 1 aromatic rings. The van der Waals surface area contributed by atoms with Crippen molar-refractivity contribution >= 4 is 0 Å². The summed E-state index contributed by atoms with van der Waals surface area (Å²) in [6.45, 7) is 6.15. The van der Waals surface area contributed by atoms with E-state index in [0.29, 0.717) is 12.1 Å². The third-order valence-electron chi connectivity index (χ3n) is 5.95. The zero-order valence-corrected chi connectivity index (χ0v) is 13.0. The van der Waals surface area contributed by atoms with Gasteiger partial charge in [0, 0.05) is 37.3 Å². The van der Waals surface area contributed by atoms with Gasteiger partial charge in [0.05, 0.1) is 0 Å². The van der Waals surface area contributed by atoms with Crippen LogP contribution in [-0.2, 0) is 6.42 Å². The van der Waals surface area contributed by atoms with E-state index in [1.54, 1.807) is 0 Å². The molecule has 3 nitrogen and oxygen atoms in total. The molecule has 1 aromatic carbocycles. The van der Waals surface area contributed by atoms with Gasteiger partial charge in [-0.05, 0) is 50.3 Å². The van der Waals surface area contributed by atoms with Crippen molar-refractivity contribution in [1.29, 1.82) is 0 Å². The van der Waals surface area contributed by atoms with Gasteiger partial charge >= 0.3 is 0 Å². The van der Waals surface area contributed by atoms with Gasteiger partial charge in [0.25, 0.3) is 0 Å². The second-order valence-corrected chi connectivity index (χ2v) is 7.17. The molecular weight excluding hydrogens is 258 g/mol. The first-order valence-corrected chi connectivity index (χ1v) is 8.57. The van der Waals surface area contributed by atoms with Crippen LogP contribution >= 0.6 is 0 Å². The van der Waals surface area contributed by atoms with Crippen LogP contribution in [0.4, 0.5) is 0 Å². The average Bonchev–Trinajstić information content (AvgIpc) is 2.94. The minimum Gasteiger partial charge on any atom is -0.323 e. The van der Waals surface area contributed by atoms with E-state index < -0.39 is 0 Å². The zero-order chi connectivity index (χ0) is 14.4. The second-order valence-electron chi connectivity index (χ2n) is 7.17. The normalized spacial score (nSPS) is 37.2. The molecule has 0 spiro atoms. The molecule has 4 rings (SSSR count). The Morgan fingerprint density at radius 2 is 2.00 bits per heavy atom. The monoisotopic (exact) mass is 285 g/mol. The highest BCUT2D eigenvalue weighted by Crippen LogP contribution is 2.35. The molecule has 0 aromatic heterocycles. The smallest absolute Gasteiger partial charge is 0.0456 e. The molecule has 0 amide bonds. The van der Waals surface area contributed by atoms with Gasteiger partial charge in [-0.15, -0.1) is 0 Å². The molecule has 2 N–H and O–H groups in total. The fraction of sp³-hybridized carbons (Fsp3) is 0.667. The topological polar surface area (TPSA) is 32.5 Å². The summed E-state index contributed by atoms with van der Waals surface area (Å²) in [4.78, 5) is 5.43. The van der Waals surface area contributed by atoms with E-state index in [2.05, 4.69) is 41.0 Å². The summed E-state index contributed by atoms with van der Waals surface area (Å²) in [7, 11) is 0. The van der Waals surface area contributed by atoms with E-state index in [0.717, 1.165) is 6.04 Å². The largest absolute Gasteiger partial charge is 0.323 e. The van der Waals surface area contributed by atoms with Crippen LogP contribution in [0.15, 0.2) is 24.3 Å². The Hall–Kier alpha value is -0.900. The fourth-order valence-corrected chi connectivity index (χ4v) is 4.82. The Balaban J connectivity index is 1.56. The van der Waals surface area contributed by atoms with Crippen LogP contribution in [-0.4, -0.2) is 47.6 Å². The SMILES string of the molecule is CC1CN2CCCC2CN1C1CCc2ccccc2C1N. The molecule has 4 unspecified atom stereocenters. The number of benzene rings is 1. The minimum atomic E-state index is 0.186. The van der Waals surface area contributed by atoms with Crippen molar-refractivity contribution in [3.05, 3.63) is 35.4 Å². The van der Waals surface area contributed by atoms with E-state index in [-0.39, 0.29) is 6.04 Å². The number of hydrogen-bond acceptors (Lipinski definition) is 3. The number of hydrogen-bond donors (Lipinski definition) is 1. The molecule has 0 bridgehead atoms. The van der Waals surface area contributed by atoms with Gasteiger partial charge in [0.2, 0.25) is 0 Å². The lowest BCUT2D eigenvalue weighted by molar-refractivity contribution is 0.0144. The number of piperazine rings is 1. The van der Waals surface area contributed by atoms with Crippen LogP contribution in [0.5, 0.6) is 0 Å². The molecular formula is C18H27N3. The third kappa shape index (κ3) is 2.32. The first-order valence-electron chi connectivity index (χ1n) is 8.57. The number of nitrogens with zero attached hydrogens (tertiary/aromatic N) is 2. The Morgan fingerprint density at radius 3 is 2.90 bits per heavy atom. The molecule has 2 saturated heterocycles. The maximum absolute atomic E-state index is 6.67. The van der Waals surface area contributed by atoms with E-state index in [4.69, 9.17) is 5.73 Å². The number of nitrogens with two attached hydrogens (primary N) is 1. The number of fused-ring (bicyclic) bond motifs is 2. The Labute approximate surface area is 128 Å². The summed E-state index contributed by atoms with van der Waals surface area (Å²) in [5.74, 6) is 0. The van der Waals surface area contributed by atoms with Crippen molar-refractivity contribution in [2.45, 2.75) is 56.8 Å². The minimum absolute atomic E-state index is 0.186. The van der Waals surface area contributed by atoms with Gasteiger partial charge in [-0.1, -0.05) is 24.3 Å². The van der Waals surface area contributed by atoms with Crippen LogP contribution < -0.4 is 5.73 Å². The average molecular weight is 285 g/mol. The first kappa shape index (κ1) is 13.7. The highest BCUT2D eigenvalue weighted by atomic mass is 15.3. The predicted molar refractivity (Wildman–Crippen MR) is 86.2 cm³/mol. The van der Waals surface area contributed by atoms with Crippen molar-refractivity contribution in [2.75, 3.05) is 19.6 Å². The molecule has 3 heteroatoms. The quantitative estimate of drug-likeness (QED) is 0.858. The lowest BCUT2D eigenvalue weighted by Gasteiger charge is -2.49. The summed E-state index contributed by atoms with van der Waals surface area (Å²) < 4.78 is 0. The lowest BCUT2D eigenvalue weighted by atomic mass is 9.82. The van der Waals surface area contributed by atoms with Crippen LogP contribution in [0.25, 0.3) is 0 Å². The van der Waals surface area contributed by atoms with Crippen molar-refractivity contribution in [3.63, 3.8) is 0 Å². The third-order valence-corrected chi connectivity index (χ3v) is 5.95. The van der Waals surface area contributed by atoms with Crippen molar-refractivity contribution < 1.29 is 0 Å².